The predicted octanol–water partition coefficient (Wildman–Crippen LogP) is 4.43. The molecule has 0 aromatic heterocycles. The average Bonchev–Trinajstić information content (AvgIpc) is 3.62. The van der Waals surface area contributed by atoms with Crippen molar-refractivity contribution >= 4 is 0 Å². The highest BCUT2D eigenvalue weighted by atomic mass is 16.5. The van der Waals surface area contributed by atoms with Gasteiger partial charge in [0.1, 0.15) is 17.6 Å². The number of hydrogen-bond donors (Lipinski definition) is 1. The van der Waals surface area contributed by atoms with Crippen molar-refractivity contribution in [2.75, 3.05) is 33.8 Å². The number of nitrogens with one attached hydrogen (secondary N) is 1. The van der Waals surface area contributed by atoms with Gasteiger partial charge in [-0.15, -0.1) is 0 Å². The first-order valence-electron chi connectivity index (χ1n) is 11.5. The molecule has 1 saturated carbocycles. The van der Waals surface area contributed by atoms with E-state index in [4.69, 9.17) is 9.47 Å². The molecular formula is C26H34N2O2. The Morgan fingerprint density at radius 2 is 1.63 bits per heavy atom. The van der Waals surface area contributed by atoms with Gasteiger partial charge in [0.05, 0.1) is 7.11 Å². The fraction of sp³-hybridized carbons (Fsp3) is 0.538. The van der Waals surface area contributed by atoms with Crippen LogP contribution in [0.5, 0.6) is 11.5 Å². The maximum Gasteiger partial charge on any atom is 0.120 e. The Kier molecular flexibility index (Phi) is 5.70. The molecular weight excluding hydrogens is 372 g/mol. The van der Waals surface area contributed by atoms with Crippen LogP contribution < -0.4 is 14.8 Å². The molecule has 2 aromatic carbocycles. The predicted molar refractivity (Wildman–Crippen MR) is 120 cm³/mol. The van der Waals surface area contributed by atoms with Gasteiger partial charge in [0.15, 0.2) is 0 Å². The number of nitrogens with zero attached hydrogens (tertiary/aromatic N) is 1. The van der Waals surface area contributed by atoms with Gasteiger partial charge in [-0.2, -0.15) is 0 Å². The Morgan fingerprint density at radius 1 is 0.933 bits per heavy atom. The molecule has 4 heteroatoms. The zero-order chi connectivity index (χ0) is 20.5. The molecule has 2 aliphatic heterocycles. The third-order valence-corrected chi connectivity index (χ3v) is 7.15. The van der Waals surface area contributed by atoms with Crippen molar-refractivity contribution in [1.29, 1.82) is 0 Å². The summed E-state index contributed by atoms with van der Waals surface area (Å²) in [7, 11) is 3.94. The first kappa shape index (κ1) is 19.9. The van der Waals surface area contributed by atoms with Gasteiger partial charge in [-0.3, -0.25) is 0 Å². The highest BCUT2D eigenvalue weighted by molar-refractivity contribution is 5.45. The average molecular weight is 407 g/mol. The van der Waals surface area contributed by atoms with Crippen LogP contribution >= 0.6 is 0 Å². The first-order chi connectivity index (χ1) is 14.7. The molecule has 0 radical (unpaired) electrons. The van der Waals surface area contributed by atoms with Crippen LogP contribution in [0.15, 0.2) is 42.5 Å². The van der Waals surface area contributed by atoms with Crippen molar-refractivity contribution in [3.8, 4) is 11.5 Å². The zero-order valence-corrected chi connectivity index (χ0v) is 18.3. The quantitative estimate of drug-likeness (QED) is 0.770. The van der Waals surface area contributed by atoms with E-state index in [0.29, 0.717) is 17.9 Å². The van der Waals surface area contributed by atoms with Crippen LogP contribution in [0.3, 0.4) is 0 Å². The third-order valence-electron chi connectivity index (χ3n) is 7.15. The van der Waals surface area contributed by atoms with Gasteiger partial charge in [0, 0.05) is 19.0 Å². The summed E-state index contributed by atoms with van der Waals surface area (Å²) in [6.45, 7) is 4.30. The van der Waals surface area contributed by atoms with Crippen LogP contribution in [0.25, 0.3) is 0 Å². The van der Waals surface area contributed by atoms with Gasteiger partial charge in [-0.25, -0.2) is 0 Å². The number of benzene rings is 2. The highest BCUT2D eigenvalue weighted by Gasteiger charge is 2.39. The Morgan fingerprint density at radius 3 is 2.33 bits per heavy atom. The van der Waals surface area contributed by atoms with E-state index in [0.717, 1.165) is 43.6 Å². The van der Waals surface area contributed by atoms with E-state index in [2.05, 4.69) is 59.7 Å². The Hall–Kier alpha value is -2.04. The highest BCUT2D eigenvalue weighted by Crippen LogP contribution is 2.41. The second kappa shape index (κ2) is 8.60. The lowest BCUT2D eigenvalue weighted by Gasteiger charge is -2.34. The van der Waals surface area contributed by atoms with Crippen LogP contribution in [0.4, 0.5) is 0 Å². The van der Waals surface area contributed by atoms with Crippen molar-refractivity contribution in [1.82, 2.24) is 10.2 Å². The Labute approximate surface area is 180 Å². The number of fused-ring (bicyclic) bond motifs is 1. The number of rotatable bonds is 6. The van der Waals surface area contributed by atoms with E-state index < -0.39 is 0 Å². The summed E-state index contributed by atoms with van der Waals surface area (Å²) in [6, 6.07) is 15.4. The normalized spacial score (nSPS) is 23.6. The molecule has 0 amide bonds. The van der Waals surface area contributed by atoms with Crippen molar-refractivity contribution in [3.05, 3.63) is 59.2 Å². The monoisotopic (exact) mass is 406 g/mol. The Bertz CT molecular complexity index is 856. The summed E-state index contributed by atoms with van der Waals surface area (Å²) in [5.41, 5.74) is 4.19. The Balaban J connectivity index is 1.38. The van der Waals surface area contributed by atoms with Crippen molar-refractivity contribution in [2.24, 2.45) is 11.8 Å². The summed E-state index contributed by atoms with van der Waals surface area (Å²) in [5, 5.41) is 3.50. The van der Waals surface area contributed by atoms with Crippen LogP contribution in [0.1, 0.15) is 48.3 Å². The fourth-order valence-corrected chi connectivity index (χ4v) is 5.35. The molecule has 2 atom stereocenters. The minimum absolute atomic E-state index is 0.391. The van der Waals surface area contributed by atoms with Crippen LogP contribution in [0, 0.1) is 11.8 Å². The molecule has 2 heterocycles. The van der Waals surface area contributed by atoms with E-state index in [1.165, 1.54) is 42.4 Å². The lowest BCUT2D eigenvalue weighted by atomic mass is 9.84. The van der Waals surface area contributed by atoms with E-state index in [1.54, 1.807) is 7.11 Å². The largest absolute Gasteiger partial charge is 0.497 e. The molecule has 1 saturated heterocycles. The number of ether oxygens (including phenoxy) is 2. The number of piperidine rings is 1. The van der Waals surface area contributed by atoms with Gasteiger partial charge in [-0.05, 0) is 98.6 Å². The van der Waals surface area contributed by atoms with E-state index in [-0.39, 0.29) is 0 Å². The summed E-state index contributed by atoms with van der Waals surface area (Å²) in [5.74, 6) is 3.83. The van der Waals surface area contributed by atoms with Crippen molar-refractivity contribution in [3.63, 3.8) is 0 Å². The summed E-state index contributed by atoms with van der Waals surface area (Å²) in [6.07, 6.45) is 5.55. The molecule has 1 N–H and O–H groups in total. The molecule has 30 heavy (non-hydrogen) atoms. The molecule has 2 unspecified atom stereocenters. The van der Waals surface area contributed by atoms with Gasteiger partial charge < -0.3 is 19.7 Å². The molecule has 5 rings (SSSR count). The van der Waals surface area contributed by atoms with Crippen LogP contribution in [-0.2, 0) is 6.54 Å². The molecule has 2 aromatic rings. The van der Waals surface area contributed by atoms with Gasteiger partial charge >= 0.3 is 0 Å². The van der Waals surface area contributed by atoms with E-state index >= 15 is 0 Å². The van der Waals surface area contributed by atoms with E-state index in [9.17, 15) is 0 Å². The second-order valence-corrected chi connectivity index (χ2v) is 9.39. The standard InChI is InChI=1S/C26H34N2O2/c1-28-16-21-15-23(30-26(19-3-4-19)20-11-13-27-14-12-20)9-10-24(21)25(17-28)18-5-7-22(29-2)8-6-18/h5-10,15,19-20,25-27H,3-4,11-14,16-17H2,1-2H3. The van der Waals surface area contributed by atoms with Gasteiger partial charge in [-0.1, -0.05) is 18.2 Å². The lowest BCUT2D eigenvalue weighted by molar-refractivity contribution is 0.0922. The fourth-order valence-electron chi connectivity index (χ4n) is 5.35. The lowest BCUT2D eigenvalue weighted by Crippen LogP contribution is -2.38. The molecule has 160 valence electrons. The van der Waals surface area contributed by atoms with Crippen molar-refractivity contribution < 1.29 is 9.47 Å². The first-order valence-corrected chi connectivity index (χ1v) is 11.5. The van der Waals surface area contributed by atoms with Crippen LogP contribution in [-0.4, -0.2) is 44.8 Å². The minimum Gasteiger partial charge on any atom is -0.497 e. The molecule has 0 spiro atoms. The second-order valence-electron chi connectivity index (χ2n) is 9.39. The third kappa shape index (κ3) is 4.21. The zero-order valence-electron chi connectivity index (χ0n) is 18.3. The van der Waals surface area contributed by atoms with E-state index in [1.807, 2.05) is 0 Å². The molecule has 2 fully saturated rings. The maximum atomic E-state index is 6.69. The van der Waals surface area contributed by atoms with Gasteiger partial charge in [0.2, 0.25) is 0 Å². The van der Waals surface area contributed by atoms with Crippen LogP contribution in [0.2, 0.25) is 0 Å². The topological polar surface area (TPSA) is 33.7 Å². The molecule has 1 aliphatic carbocycles. The van der Waals surface area contributed by atoms with Crippen molar-refractivity contribution in [2.45, 2.75) is 44.2 Å². The number of likely N-dealkylation sites (N-methyl/N-ethyl adjacent to an activating group) is 1. The molecule has 3 aliphatic rings. The summed E-state index contributed by atoms with van der Waals surface area (Å²) < 4.78 is 12.0. The smallest absolute Gasteiger partial charge is 0.120 e. The molecule has 0 bridgehead atoms. The minimum atomic E-state index is 0.391. The molecule has 4 nitrogen and oxygen atoms in total. The number of hydrogen-bond acceptors (Lipinski definition) is 4. The van der Waals surface area contributed by atoms with Gasteiger partial charge in [0.25, 0.3) is 0 Å². The summed E-state index contributed by atoms with van der Waals surface area (Å²) >= 11 is 0. The SMILES string of the molecule is COc1ccc(C2CN(C)Cc3cc(OC(C4CCNCC4)C4CC4)ccc32)cc1. The maximum absolute atomic E-state index is 6.69. The number of methoxy groups -OCH3 is 1. The summed E-state index contributed by atoms with van der Waals surface area (Å²) in [4.78, 5) is 2.42.